The first kappa shape index (κ1) is 13.4. The van der Waals surface area contributed by atoms with Crippen LogP contribution in [0.2, 0.25) is 0 Å². The van der Waals surface area contributed by atoms with Crippen LogP contribution < -0.4 is 5.14 Å². The molecule has 1 aliphatic rings. The minimum absolute atomic E-state index is 0.0833. The summed E-state index contributed by atoms with van der Waals surface area (Å²) in [4.78, 5) is 0. The van der Waals surface area contributed by atoms with Crippen molar-refractivity contribution in [3.8, 4) is 0 Å². The maximum atomic E-state index is 14.7. The zero-order valence-electron chi connectivity index (χ0n) is 9.64. The van der Waals surface area contributed by atoms with E-state index in [1.807, 2.05) is 0 Å². The minimum Gasteiger partial charge on any atom is -0.237 e. The van der Waals surface area contributed by atoms with Crippen LogP contribution in [0.3, 0.4) is 0 Å². The van der Waals surface area contributed by atoms with Crippen molar-refractivity contribution in [3.05, 3.63) is 35.6 Å². The molecule has 0 saturated carbocycles. The molecule has 2 N–H and O–H groups in total. The van der Waals surface area contributed by atoms with E-state index in [-0.39, 0.29) is 18.5 Å². The van der Waals surface area contributed by atoms with Crippen molar-refractivity contribution in [2.75, 3.05) is 13.1 Å². The van der Waals surface area contributed by atoms with E-state index in [2.05, 4.69) is 0 Å². The predicted molar refractivity (Wildman–Crippen MR) is 63.1 cm³/mol. The smallest absolute Gasteiger partial charge is 0.237 e. The van der Waals surface area contributed by atoms with Gasteiger partial charge < -0.3 is 0 Å². The first-order chi connectivity index (χ1) is 8.33. The Labute approximate surface area is 105 Å². The zero-order chi connectivity index (χ0) is 13.4. The van der Waals surface area contributed by atoms with E-state index >= 15 is 0 Å². The van der Waals surface area contributed by atoms with Crippen LogP contribution in [0.25, 0.3) is 0 Å². The van der Waals surface area contributed by atoms with Gasteiger partial charge in [0.15, 0.2) is 5.67 Å². The number of hydrogen-bond donors (Lipinski definition) is 1. The van der Waals surface area contributed by atoms with E-state index in [4.69, 9.17) is 5.14 Å². The van der Waals surface area contributed by atoms with Gasteiger partial charge in [0.1, 0.15) is 5.82 Å². The molecule has 1 aromatic rings. The van der Waals surface area contributed by atoms with E-state index in [0.29, 0.717) is 6.42 Å². The van der Waals surface area contributed by atoms with Gasteiger partial charge in [-0.2, -0.15) is 12.7 Å². The zero-order valence-corrected chi connectivity index (χ0v) is 10.5. The van der Waals surface area contributed by atoms with Crippen LogP contribution >= 0.6 is 0 Å². The lowest BCUT2D eigenvalue weighted by atomic mass is 9.88. The second-order valence-electron chi connectivity index (χ2n) is 4.43. The first-order valence-electron chi connectivity index (χ1n) is 5.55. The third-order valence-corrected chi connectivity index (χ3v) is 4.16. The second-order valence-corrected chi connectivity index (χ2v) is 5.97. The Hall–Kier alpha value is -1.05. The fourth-order valence-electron chi connectivity index (χ4n) is 2.23. The van der Waals surface area contributed by atoms with Crippen LogP contribution in [0.5, 0.6) is 0 Å². The van der Waals surface area contributed by atoms with E-state index in [9.17, 15) is 17.2 Å². The third-order valence-electron chi connectivity index (χ3n) is 3.12. The first-order valence-corrected chi connectivity index (χ1v) is 7.05. The molecule has 1 aromatic carbocycles. The summed E-state index contributed by atoms with van der Waals surface area (Å²) < 4.78 is 51.7. The van der Waals surface area contributed by atoms with Crippen molar-refractivity contribution in [1.29, 1.82) is 0 Å². The lowest BCUT2D eigenvalue weighted by molar-refractivity contribution is 0.0777. The topological polar surface area (TPSA) is 63.4 Å². The number of halogens is 2. The van der Waals surface area contributed by atoms with Crippen LogP contribution in [0.1, 0.15) is 18.4 Å². The molecule has 0 bridgehead atoms. The van der Waals surface area contributed by atoms with Crippen LogP contribution in [-0.2, 0) is 15.9 Å². The highest BCUT2D eigenvalue weighted by atomic mass is 32.2. The van der Waals surface area contributed by atoms with Gasteiger partial charge in [-0.1, -0.05) is 18.2 Å². The molecular weight excluding hydrogens is 262 g/mol. The molecule has 0 amide bonds. The quantitative estimate of drug-likeness (QED) is 0.884. The highest BCUT2D eigenvalue weighted by Crippen LogP contribution is 2.37. The molecule has 2 rings (SSSR count). The molecule has 4 nitrogen and oxygen atoms in total. The van der Waals surface area contributed by atoms with Crippen LogP contribution in [0, 0.1) is 5.82 Å². The molecule has 1 fully saturated rings. The fraction of sp³-hybridized carbons (Fsp3) is 0.455. The van der Waals surface area contributed by atoms with E-state index in [1.165, 1.54) is 18.2 Å². The van der Waals surface area contributed by atoms with Gasteiger partial charge in [-0.3, -0.25) is 0 Å². The average Bonchev–Trinajstić information content (AvgIpc) is 2.28. The molecule has 0 spiro atoms. The predicted octanol–water partition coefficient (Wildman–Crippen LogP) is 1.29. The summed E-state index contributed by atoms with van der Waals surface area (Å²) in [6, 6.07) is 5.48. The molecule has 1 heterocycles. The number of piperidine rings is 1. The molecule has 0 unspecified atom stereocenters. The summed E-state index contributed by atoms with van der Waals surface area (Å²) in [6.07, 6.45) is 0.390. The number of rotatable bonds is 2. The van der Waals surface area contributed by atoms with E-state index in [0.717, 1.165) is 10.4 Å². The van der Waals surface area contributed by atoms with Crippen molar-refractivity contribution in [3.63, 3.8) is 0 Å². The maximum Gasteiger partial charge on any atom is 0.277 e. The number of nitrogens with two attached hydrogens (primary N) is 1. The van der Waals surface area contributed by atoms with Gasteiger partial charge in [0, 0.05) is 12.1 Å². The molecule has 100 valence electrons. The molecule has 1 atom stereocenters. The Morgan fingerprint density at radius 3 is 2.61 bits per heavy atom. The summed E-state index contributed by atoms with van der Waals surface area (Å²) in [5.74, 6) is -0.670. The summed E-state index contributed by atoms with van der Waals surface area (Å²) in [5, 5.41) is 4.99. The fourth-order valence-corrected chi connectivity index (χ4v) is 3.00. The van der Waals surface area contributed by atoms with Crippen LogP contribution in [-0.4, -0.2) is 25.8 Å². The molecule has 0 radical (unpaired) electrons. The molecular formula is C11H14F2N2O2S. The number of benzene rings is 1. The Balaban J connectivity index is 2.35. The standard InChI is InChI=1S/C11H14F2N2O2S/c12-10-5-2-1-4-9(10)11(13)6-3-7-15(8-11)18(14,16)17/h1-2,4-5H,3,6-8H2,(H2,14,16,17)/t11-/m0/s1. The highest BCUT2D eigenvalue weighted by molar-refractivity contribution is 7.86. The summed E-state index contributed by atoms with van der Waals surface area (Å²) >= 11 is 0. The summed E-state index contributed by atoms with van der Waals surface area (Å²) in [6.45, 7) is -0.272. The van der Waals surface area contributed by atoms with Gasteiger partial charge in [-0.15, -0.1) is 0 Å². The monoisotopic (exact) mass is 276 g/mol. The third kappa shape index (κ3) is 2.52. The van der Waals surface area contributed by atoms with E-state index < -0.39 is 28.2 Å². The molecule has 0 aromatic heterocycles. The highest BCUT2D eigenvalue weighted by Gasteiger charge is 2.41. The average molecular weight is 276 g/mol. The van der Waals surface area contributed by atoms with Crippen molar-refractivity contribution >= 4 is 10.2 Å². The second kappa shape index (κ2) is 4.56. The van der Waals surface area contributed by atoms with Crippen molar-refractivity contribution in [2.45, 2.75) is 18.5 Å². The van der Waals surface area contributed by atoms with Gasteiger partial charge in [0.05, 0.1) is 6.54 Å². The summed E-state index contributed by atoms with van der Waals surface area (Å²) in [5.41, 5.74) is -2.13. The Morgan fingerprint density at radius 2 is 2.00 bits per heavy atom. The molecule has 18 heavy (non-hydrogen) atoms. The van der Waals surface area contributed by atoms with Gasteiger partial charge in [-0.25, -0.2) is 13.9 Å². The van der Waals surface area contributed by atoms with Gasteiger partial charge in [-0.05, 0) is 18.9 Å². The Bertz CT molecular complexity index is 550. The van der Waals surface area contributed by atoms with Gasteiger partial charge in [0.2, 0.25) is 0 Å². The Morgan fingerprint density at radius 1 is 1.33 bits per heavy atom. The van der Waals surface area contributed by atoms with Gasteiger partial charge >= 0.3 is 0 Å². The minimum atomic E-state index is -3.95. The Kier molecular flexibility index (Phi) is 3.39. The van der Waals surface area contributed by atoms with E-state index in [1.54, 1.807) is 0 Å². The van der Waals surface area contributed by atoms with Crippen molar-refractivity contribution in [2.24, 2.45) is 5.14 Å². The number of hydrogen-bond acceptors (Lipinski definition) is 2. The van der Waals surface area contributed by atoms with Crippen molar-refractivity contribution in [1.82, 2.24) is 4.31 Å². The van der Waals surface area contributed by atoms with Crippen molar-refractivity contribution < 1.29 is 17.2 Å². The van der Waals surface area contributed by atoms with Crippen LogP contribution in [0.15, 0.2) is 24.3 Å². The lowest BCUT2D eigenvalue weighted by Gasteiger charge is -2.36. The van der Waals surface area contributed by atoms with Crippen LogP contribution in [0.4, 0.5) is 8.78 Å². The SMILES string of the molecule is NS(=O)(=O)N1CCC[C@@](F)(c2ccccc2F)C1. The number of alkyl halides is 1. The summed E-state index contributed by atoms with van der Waals surface area (Å²) in [7, 11) is -3.95. The maximum absolute atomic E-state index is 14.7. The number of nitrogens with zero attached hydrogens (tertiary/aromatic N) is 1. The van der Waals surface area contributed by atoms with Gasteiger partial charge in [0.25, 0.3) is 10.2 Å². The molecule has 1 aliphatic heterocycles. The lowest BCUT2D eigenvalue weighted by Crippen LogP contribution is -2.49. The molecule has 7 heteroatoms. The largest absolute Gasteiger partial charge is 0.277 e. The molecule has 0 aliphatic carbocycles. The molecule has 1 saturated heterocycles. The normalized spacial score (nSPS) is 26.2.